The van der Waals surface area contributed by atoms with Crippen LogP contribution in [0.2, 0.25) is 0 Å². The molecule has 2 N–H and O–H groups in total. The van der Waals surface area contributed by atoms with Crippen LogP contribution in [0.15, 0.2) is 17.3 Å². The molecule has 6 nitrogen and oxygen atoms in total. The number of aliphatic imine (C=N–C) groups is 1. The molecule has 18 heavy (non-hydrogen) atoms. The molecule has 0 amide bonds. The summed E-state index contributed by atoms with van der Waals surface area (Å²) in [5.74, 6) is 3.94. The van der Waals surface area contributed by atoms with E-state index in [1.54, 1.807) is 19.4 Å². The summed E-state index contributed by atoms with van der Waals surface area (Å²) < 4.78 is 5.03. The minimum Gasteiger partial charge on any atom is -0.481 e. The highest BCUT2D eigenvalue weighted by Gasteiger charge is 2.12. The fraction of sp³-hybridized carbons (Fsp3) is 0.545. The molecule has 0 radical (unpaired) electrons. The van der Waals surface area contributed by atoms with Gasteiger partial charge in [-0.05, 0) is 0 Å². The first kappa shape index (κ1) is 12.9. The van der Waals surface area contributed by atoms with Crippen molar-refractivity contribution < 1.29 is 4.74 Å². The van der Waals surface area contributed by atoms with Gasteiger partial charge in [-0.15, -0.1) is 0 Å². The summed E-state index contributed by atoms with van der Waals surface area (Å²) in [6.45, 7) is 2.30. The Labute approximate surface area is 111 Å². The van der Waals surface area contributed by atoms with Crippen molar-refractivity contribution in [1.29, 1.82) is 0 Å². The van der Waals surface area contributed by atoms with Crippen LogP contribution < -0.4 is 10.5 Å². The van der Waals surface area contributed by atoms with Gasteiger partial charge in [0.25, 0.3) is 0 Å². The van der Waals surface area contributed by atoms with Crippen LogP contribution in [0.25, 0.3) is 0 Å². The molecule has 1 aliphatic heterocycles. The molecule has 2 heterocycles. The first-order valence-corrected chi connectivity index (χ1v) is 6.93. The molecule has 0 bridgehead atoms. The summed E-state index contributed by atoms with van der Waals surface area (Å²) in [5, 5.41) is 0. The summed E-state index contributed by atoms with van der Waals surface area (Å²) in [5.41, 5.74) is 5.95. The van der Waals surface area contributed by atoms with Crippen LogP contribution in [0, 0.1) is 0 Å². The van der Waals surface area contributed by atoms with Gasteiger partial charge in [-0.1, -0.05) is 0 Å². The smallest absolute Gasteiger partial charge is 0.216 e. The van der Waals surface area contributed by atoms with Gasteiger partial charge in [0, 0.05) is 36.9 Å². The number of nitrogens with zero attached hydrogens (tertiary/aromatic N) is 4. The van der Waals surface area contributed by atoms with Gasteiger partial charge in [-0.3, -0.25) is 0 Å². The molecule has 1 saturated heterocycles. The van der Waals surface area contributed by atoms with Crippen LogP contribution in [-0.4, -0.2) is 52.5 Å². The molecular weight excluding hydrogens is 250 g/mol. The normalized spacial score (nSPS) is 16.7. The summed E-state index contributed by atoms with van der Waals surface area (Å²) in [7, 11) is 1.58. The van der Waals surface area contributed by atoms with Gasteiger partial charge in [-0.2, -0.15) is 16.7 Å². The van der Waals surface area contributed by atoms with Gasteiger partial charge in [0.1, 0.15) is 6.54 Å². The van der Waals surface area contributed by atoms with Gasteiger partial charge < -0.3 is 15.4 Å². The molecule has 0 atom stereocenters. The second-order valence-corrected chi connectivity index (χ2v) is 5.01. The number of thioether (sulfide) groups is 1. The highest BCUT2D eigenvalue weighted by Crippen LogP contribution is 2.09. The van der Waals surface area contributed by atoms with Crippen molar-refractivity contribution in [1.82, 2.24) is 14.9 Å². The van der Waals surface area contributed by atoms with E-state index in [2.05, 4.69) is 19.9 Å². The van der Waals surface area contributed by atoms with Crippen LogP contribution in [0.4, 0.5) is 0 Å². The van der Waals surface area contributed by atoms with E-state index in [0.717, 1.165) is 24.6 Å². The number of guanidine groups is 1. The maximum Gasteiger partial charge on any atom is 0.216 e. The average Bonchev–Trinajstić information content (AvgIpc) is 2.46. The molecule has 98 valence electrons. The second-order valence-electron chi connectivity index (χ2n) is 3.79. The van der Waals surface area contributed by atoms with E-state index in [1.165, 1.54) is 0 Å². The van der Waals surface area contributed by atoms with E-state index in [-0.39, 0.29) is 0 Å². The predicted octanol–water partition coefficient (Wildman–Crippen LogP) is 0.349. The molecule has 1 aliphatic rings. The van der Waals surface area contributed by atoms with Gasteiger partial charge >= 0.3 is 0 Å². The summed E-state index contributed by atoms with van der Waals surface area (Å²) in [4.78, 5) is 14.7. The first-order chi connectivity index (χ1) is 8.79. The molecular formula is C11H17N5OS. The second kappa shape index (κ2) is 6.44. The Morgan fingerprint density at radius 1 is 1.56 bits per heavy atom. The van der Waals surface area contributed by atoms with E-state index in [4.69, 9.17) is 10.5 Å². The van der Waals surface area contributed by atoms with Crippen molar-refractivity contribution >= 4 is 17.7 Å². The minimum absolute atomic E-state index is 0.382. The van der Waals surface area contributed by atoms with Crippen LogP contribution in [-0.2, 0) is 6.54 Å². The fourth-order valence-electron chi connectivity index (χ4n) is 1.61. The highest BCUT2D eigenvalue weighted by atomic mass is 32.2. The van der Waals surface area contributed by atoms with Crippen LogP contribution in [0.1, 0.15) is 5.82 Å². The molecule has 1 aromatic rings. The zero-order valence-electron chi connectivity index (χ0n) is 10.4. The number of ether oxygens (including phenoxy) is 1. The third-order valence-electron chi connectivity index (χ3n) is 2.61. The molecule has 0 aliphatic carbocycles. The third-order valence-corrected chi connectivity index (χ3v) is 3.55. The average molecular weight is 267 g/mol. The Kier molecular flexibility index (Phi) is 4.63. The van der Waals surface area contributed by atoms with Crippen LogP contribution in [0.3, 0.4) is 0 Å². The molecule has 1 aromatic heterocycles. The van der Waals surface area contributed by atoms with E-state index >= 15 is 0 Å². The first-order valence-electron chi connectivity index (χ1n) is 5.78. The Morgan fingerprint density at radius 2 is 2.33 bits per heavy atom. The Balaban J connectivity index is 1.95. The number of aromatic nitrogens is 2. The van der Waals surface area contributed by atoms with E-state index in [0.29, 0.717) is 24.2 Å². The lowest BCUT2D eigenvalue weighted by Crippen LogP contribution is -2.42. The number of rotatable bonds is 3. The van der Waals surface area contributed by atoms with Crippen molar-refractivity contribution in [2.45, 2.75) is 6.54 Å². The molecule has 1 fully saturated rings. The molecule has 0 aromatic carbocycles. The largest absolute Gasteiger partial charge is 0.481 e. The maximum absolute atomic E-state index is 5.95. The minimum atomic E-state index is 0.382. The van der Waals surface area contributed by atoms with Crippen LogP contribution >= 0.6 is 11.8 Å². The van der Waals surface area contributed by atoms with Crippen molar-refractivity contribution in [3.8, 4) is 5.88 Å². The standard InChI is InChI=1S/C11H17N5OS/c1-17-10-2-3-13-9(15-10)8-14-11(12)16-4-6-18-7-5-16/h2-3H,4-8H2,1H3,(H2,12,14). The summed E-state index contributed by atoms with van der Waals surface area (Å²) >= 11 is 1.94. The number of nitrogens with two attached hydrogens (primary N) is 1. The van der Waals surface area contributed by atoms with Crippen molar-refractivity contribution in [3.05, 3.63) is 18.1 Å². The Morgan fingerprint density at radius 3 is 3.06 bits per heavy atom. The van der Waals surface area contributed by atoms with Gasteiger partial charge in [0.05, 0.1) is 7.11 Å². The lowest BCUT2D eigenvalue weighted by molar-refractivity contribution is 0.394. The molecule has 2 rings (SSSR count). The topological polar surface area (TPSA) is 76.6 Å². The number of hydrogen-bond donors (Lipinski definition) is 1. The van der Waals surface area contributed by atoms with E-state index in [9.17, 15) is 0 Å². The van der Waals surface area contributed by atoms with Gasteiger partial charge in [0.15, 0.2) is 11.8 Å². The lowest BCUT2D eigenvalue weighted by Gasteiger charge is -2.27. The zero-order chi connectivity index (χ0) is 12.8. The number of methoxy groups -OCH3 is 1. The lowest BCUT2D eigenvalue weighted by atomic mass is 10.5. The van der Waals surface area contributed by atoms with E-state index < -0.39 is 0 Å². The predicted molar refractivity (Wildman–Crippen MR) is 72.8 cm³/mol. The molecule has 0 unspecified atom stereocenters. The SMILES string of the molecule is COc1ccnc(CN=C(N)N2CCSCC2)n1. The van der Waals surface area contributed by atoms with Crippen molar-refractivity contribution in [2.75, 3.05) is 31.7 Å². The maximum atomic E-state index is 5.95. The molecule has 0 saturated carbocycles. The fourth-order valence-corrected chi connectivity index (χ4v) is 2.52. The summed E-state index contributed by atoms with van der Waals surface area (Å²) in [6, 6.07) is 1.71. The molecule has 0 spiro atoms. The molecule has 7 heteroatoms. The quantitative estimate of drug-likeness (QED) is 0.629. The van der Waals surface area contributed by atoms with Gasteiger partial charge in [0.2, 0.25) is 5.88 Å². The third kappa shape index (κ3) is 3.49. The van der Waals surface area contributed by atoms with Crippen molar-refractivity contribution in [3.63, 3.8) is 0 Å². The highest BCUT2D eigenvalue weighted by molar-refractivity contribution is 7.99. The monoisotopic (exact) mass is 267 g/mol. The Bertz CT molecular complexity index is 420. The van der Waals surface area contributed by atoms with Gasteiger partial charge in [-0.25, -0.2) is 9.98 Å². The van der Waals surface area contributed by atoms with E-state index in [1.807, 2.05) is 11.8 Å². The van der Waals surface area contributed by atoms with Crippen molar-refractivity contribution in [2.24, 2.45) is 10.7 Å². The summed E-state index contributed by atoms with van der Waals surface area (Å²) in [6.07, 6.45) is 1.66. The zero-order valence-corrected chi connectivity index (χ0v) is 11.2. The van der Waals surface area contributed by atoms with Crippen LogP contribution in [0.5, 0.6) is 5.88 Å². The number of hydrogen-bond acceptors (Lipinski definition) is 5. The Hall–Kier alpha value is -1.50.